The second kappa shape index (κ2) is 7.52. The zero-order chi connectivity index (χ0) is 18.7. The highest BCUT2D eigenvalue weighted by Crippen LogP contribution is 2.31. The number of piperidine rings is 1. The molecule has 1 fully saturated rings. The lowest BCUT2D eigenvalue weighted by atomic mass is 9.99. The lowest BCUT2D eigenvalue weighted by molar-refractivity contribution is -0.137. The third kappa shape index (κ3) is 5.27. The van der Waals surface area contributed by atoms with Crippen LogP contribution in [0.4, 0.5) is 13.2 Å². The van der Waals surface area contributed by atoms with Crippen molar-refractivity contribution in [3.63, 3.8) is 0 Å². The molecule has 0 unspecified atom stereocenters. The maximum Gasteiger partial charge on any atom is 0.417 e. The van der Waals surface area contributed by atoms with Crippen molar-refractivity contribution in [3.05, 3.63) is 35.4 Å². The average Bonchev–Trinajstić information content (AvgIpc) is 2.53. The number of benzene rings is 1. The minimum Gasteiger partial charge on any atom is -0.273 e. The molecule has 1 amide bonds. The molecule has 1 aliphatic rings. The van der Waals surface area contributed by atoms with Crippen molar-refractivity contribution in [2.24, 2.45) is 11.0 Å². The van der Waals surface area contributed by atoms with Crippen molar-refractivity contribution in [2.45, 2.75) is 19.0 Å². The third-order valence-electron chi connectivity index (χ3n) is 3.87. The van der Waals surface area contributed by atoms with Gasteiger partial charge in [-0.3, -0.25) is 4.79 Å². The zero-order valence-corrected chi connectivity index (χ0v) is 14.3. The van der Waals surface area contributed by atoms with Crippen LogP contribution in [0.3, 0.4) is 0 Å². The third-order valence-corrected chi connectivity index (χ3v) is 5.14. The van der Waals surface area contributed by atoms with Crippen molar-refractivity contribution in [2.75, 3.05) is 19.3 Å². The molecule has 0 aliphatic carbocycles. The summed E-state index contributed by atoms with van der Waals surface area (Å²) in [5, 5.41) is 3.59. The van der Waals surface area contributed by atoms with E-state index < -0.39 is 33.6 Å². The van der Waals surface area contributed by atoms with Gasteiger partial charge in [-0.05, 0) is 18.9 Å². The summed E-state index contributed by atoms with van der Waals surface area (Å²) in [6.45, 7) is 0.393. The number of hydrogen-bond donors (Lipinski definition) is 1. The zero-order valence-electron chi connectivity index (χ0n) is 13.5. The Bertz CT molecular complexity index is 763. The SMILES string of the molecule is CS(=O)(=O)N1CCC[C@H](C(=O)N/N=C\c2ccccc2C(F)(F)F)C1. The van der Waals surface area contributed by atoms with E-state index in [4.69, 9.17) is 0 Å². The van der Waals surface area contributed by atoms with Crippen LogP contribution in [-0.4, -0.2) is 44.2 Å². The van der Waals surface area contributed by atoms with Gasteiger partial charge < -0.3 is 0 Å². The lowest BCUT2D eigenvalue weighted by Crippen LogP contribution is -2.44. The van der Waals surface area contributed by atoms with Gasteiger partial charge in [-0.2, -0.15) is 18.3 Å². The Morgan fingerprint density at radius 2 is 2.04 bits per heavy atom. The number of carbonyl (C=O) groups excluding carboxylic acids is 1. The highest BCUT2D eigenvalue weighted by Gasteiger charge is 2.33. The normalized spacial score (nSPS) is 19.9. The van der Waals surface area contributed by atoms with Gasteiger partial charge in [-0.25, -0.2) is 18.1 Å². The maximum atomic E-state index is 12.9. The van der Waals surface area contributed by atoms with E-state index in [0.29, 0.717) is 19.4 Å². The Morgan fingerprint density at radius 1 is 1.36 bits per heavy atom. The molecule has 138 valence electrons. The van der Waals surface area contributed by atoms with Crippen LogP contribution in [0, 0.1) is 5.92 Å². The molecule has 10 heteroatoms. The summed E-state index contributed by atoms with van der Waals surface area (Å²) in [4.78, 5) is 12.1. The summed E-state index contributed by atoms with van der Waals surface area (Å²) in [6.07, 6.45) is -1.50. The highest BCUT2D eigenvalue weighted by atomic mass is 32.2. The summed E-state index contributed by atoms with van der Waals surface area (Å²) in [7, 11) is -3.39. The van der Waals surface area contributed by atoms with Crippen LogP contribution in [0.5, 0.6) is 0 Å². The first kappa shape index (κ1) is 19.4. The molecular weight excluding hydrogens is 359 g/mol. The molecule has 1 saturated heterocycles. The van der Waals surface area contributed by atoms with Gasteiger partial charge in [0.15, 0.2) is 0 Å². The molecule has 1 aromatic carbocycles. The Labute approximate surface area is 143 Å². The van der Waals surface area contributed by atoms with E-state index in [0.717, 1.165) is 18.5 Å². The lowest BCUT2D eigenvalue weighted by Gasteiger charge is -2.29. The van der Waals surface area contributed by atoms with E-state index in [9.17, 15) is 26.4 Å². The second-order valence-corrected chi connectivity index (χ2v) is 7.76. The molecule has 1 aromatic rings. The molecule has 1 N–H and O–H groups in total. The van der Waals surface area contributed by atoms with Gasteiger partial charge in [0.2, 0.25) is 15.9 Å². The van der Waals surface area contributed by atoms with E-state index in [2.05, 4.69) is 10.5 Å². The summed E-state index contributed by atoms with van der Waals surface area (Å²) in [5.41, 5.74) is 1.17. The van der Waals surface area contributed by atoms with Crippen LogP contribution in [0.2, 0.25) is 0 Å². The second-order valence-electron chi connectivity index (χ2n) is 5.78. The maximum absolute atomic E-state index is 12.9. The molecule has 0 radical (unpaired) electrons. The molecule has 1 heterocycles. The number of carbonyl (C=O) groups is 1. The molecule has 25 heavy (non-hydrogen) atoms. The van der Waals surface area contributed by atoms with Gasteiger partial charge in [0.05, 0.1) is 24.0 Å². The predicted octanol–water partition coefficient (Wildman–Crippen LogP) is 1.83. The first-order valence-electron chi connectivity index (χ1n) is 7.53. The van der Waals surface area contributed by atoms with Crippen molar-refractivity contribution in [1.82, 2.24) is 9.73 Å². The van der Waals surface area contributed by atoms with Crippen LogP contribution in [0.1, 0.15) is 24.0 Å². The fourth-order valence-electron chi connectivity index (χ4n) is 2.58. The first-order valence-corrected chi connectivity index (χ1v) is 9.38. The van der Waals surface area contributed by atoms with Crippen molar-refractivity contribution in [1.29, 1.82) is 0 Å². The first-order chi connectivity index (χ1) is 11.6. The topological polar surface area (TPSA) is 78.8 Å². The molecule has 0 spiro atoms. The van der Waals surface area contributed by atoms with Gasteiger partial charge in [0.1, 0.15) is 0 Å². The van der Waals surface area contributed by atoms with Crippen LogP contribution < -0.4 is 5.43 Å². The Balaban J connectivity index is 2.02. The fraction of sp³-hybridized carbons (Fsp3) is 0.467. The summed E-state index contributed by atoms with van der Waals surface area (Å²) >= 11 is 0. The number of halogens is 3. The number of rotatable bonds is 4. The Hall–Kier alpha value is -1.94. The fourth-order valence-corrected chi connectivity index (χ4v) is 3.49. The number of sulfonamides is 1. The number of alkyl halides is 3. The minimum atomic E-state index is -4.52. The van der Waals surface area contributed by atoms with Crippen LogP contribution in [0.25, 0.3) is 0 Å². The van der Waals surface area contributed by atoms with Crippen LogP contribution >= 0.6 is 0 Å². The summed E-state index contributed by atoms with van der Waals surface area (Å²) in [6, 6.07) is 4.86. The van der Waals surface area contributed by atoms with Gasteiger partial charge in [-0.1, -0.05) is 18.2 Å². The van der Waals surface area contributed by atoms with Crippen molar-refractivity contribution < 1.29 is 26.4 Å². The molecule has 1 atom stereocenters. The average molecular weight is 377 g/mol. The summed E-state index contributed by atoms with van der Waals surface area (Å²) < 4.78 is 62.9. The number of nitrogens with zero attached hydrogens (tertiary/aromatic N) is 2. The van der Waals surface area contributed by atoms with Gasteiger partial charge >= 0.3 is 6.18 Å². The molecule has 0 bridgehead atoms. The molecule has 0 saturated carbocycles. The van der Waals surface area contributed by atoms with Crippen molar-refractivity contribution in [3.8, 4) is 0 Å². The Morgan fingerprint density at radius 3 is 2.68 bits per heavy atom. The standard InChI is InChI=1S/C15H18F3N3O3S/c1-25(23,24)21-8-4-6-12(10-21)14(22)20-19-9-11-5-2-3-7-13(11)15(16,17)18/h2-3,5,7,9,12H,4,6,8,10H2,1H3,(H,20,22)/b19-9-/t12-/m0/s1. The molecule has 1 aliphatic heterocycles. The smallest absolute Gasteiger partial charge is 0.273 e. The number of nitrogens with one attached hydrogen (secondary N) is 1. The van der Waals surface area contributed by atoms with Gasteiger partial charge in [0.25, 0.3) is 0 Å². The van der Waals surface area contributed by atoms with Gasteiger partial charge in [-0.15, -0.1) is 0 Å². The van der Waals surface area contributed by atoms with Crippen LogP contribution in [-0.2, 0) is 21.0 Å². The monoisotopic (exact) mass is 377 g/mol. The summed E-state index contributed by atoms with van der Waals surface area (Å²) in [5.74, 6) is -1.10. The van der Waals surface area contributed by atoms with E-state index in [1.54, 1.807) is 0 Å². The van der Waals surface area contributed by atoms with E-state index in [1.165, 1.54) is 22.5 Å². The van der Waals surface area contributed by atoms with Gasteiger partial charge in [0, 0.05) is 18.7 Å². The van der Waals surface area contributed by atoms with E-state index in [1.807, 2.05) is 0 Å². The predicted molar refractivity (Wildman–Crippen MR) is 86.3 cm³/mol. The molecule has 2 rings (SSSR count). The number of hydrogen-bond acceptors (Lipinski definition) is 4. The molecular formula is C15H18F3N3O3S. The highest BCUT2D eigenvalue weighted by molar-refractivity contribution is 7.88. The minimum absolute atomic E-state index is 0.0410. The Kier molecular flexibility index (Phi) is 5.83. The van der Waals surface area contributed by atoms with Crippen LogP contribution in [0.15, 0.2) is 29.4 Å². The van der Waals surface area contributed by atoms with E-state index in [-0.39, 0.29) is 12.1 Å². The quantitative estimate of drug-likeness (QED) is 0.642. The number of amides is 1. The van der Waals surface area contributed by atoms with Crippen molar-refractivity contribution >= 4 is 22.1 Å². The largest absolute Gasteiger partial charge is 0.417 e. The van der Waals surface area contributed by atoms with E-state index >= 15 is 0 Å². The molecule has 6 nitrogen and oxygen atoms in total. The number of hydrazone groups is 1. The molecule has 0 aromatic heterocycles.